The molecule has 4 nitrogen and oxygen atoms in total. The lowest BCUT2D eigenvalue weighted by atomic mass is 10.1. The molecule has 1 aromatic heterocycles. The molecule has 0 aliphatic rings. The van der Waals surface area contributed by atoms with Crippen LogP contribution < -0.4 is 0 Å². The molecule has 1 heterocycles. The van der Waals surface area contributed by atoms with E-state index >= 15 is 0 Å². The number of nitrogens with zero attached hydrogens (tertiary/aromatic N) is 2. The average Bonchev–Trinajstić information content (AvgIpc) is 2.65. The number of aryl methyl sites for hydroxylation is 1. The molecule has 0 radical (unpaired) electrons. The normalized spacial score (nSPS) is 10.1. The topological polar surface area (TPSA) is 58.6 Å². The molecular weight excluding hydrogens is 178 g/mol. The summed E-state index contributed by atoms with van der Waals surface area (Å²) in [5.41, 5.74) is 3.39. The first-order chi connectivity index (χ1) is 6.81. The lowest BCUT2D eigenvalue weighted by molar-refractivity contribution is 0.112. The van der Waals surface area contributed by atoms with Gasteiger partial charge in [-0.1, -0.05) is 29.5 Å². The molecule has 4 heteroatoms. The van der Waals surface area contributed by atoms with Crippen molar-refractivity contribution in [1.82, 2.24) is 15.4 Å². The van der Waals surface area contributed by atoms with Crippen molar-refractivity contribution in [3.05, 3.63) is 35.5 Å². The molecule has 1 N–H and O–H groups in total. The van der Waals surface area contributed by atoms with E-state index in [4.69, 9.17) is 0 Å². The van der Waals surface area contributed by atoms with Crippen molar-refractivity contribution in [3.63, 3.8) is 0 Å². The van der Waals surface area contributed by atoms with Gasteiger partial charge in [-0.15, -0.1) is 5.10 Å². The summed E-state index contributed by atoms with van der Waals surface area (Å²) in [6, 6.07) is 7.27. The highest BCUT2D eigenvalue weighted by molar-refractivity contribution is 5.76. The van der Waals surface area contributed by atoms with Crippen molar-refractivity contribution < 1.29 is 4.79 Å². The maximum Gasteiger partial charge on any atom is 0.150 e. The van der Waals surface area contributed by atoms with E-state index in [1.165, 1.54) is 0 Å². The van der Waals surface area contributed by atoms with Crippen LogP contribution in [0.3, 0.4) is 0 Å². The Bertz CT molecular complexity index is 445. The highest BCUT2D eigenvalue weighted by Gasteiger charge is 2.04. The number of rotatable bonds is 2. The molecule has 0 fully saturated rings. The summed E-state index contributed by atoms with van der Waals surface area (Å²) in [5.74, 6) is 0. The third kappa shape index (κ3) is 1.42. The van der Waals surface area contributed by atoms with E-state index in [0.717, 1.165) is 23.2 Å². The molecule has 0 aliphatic carbocycles. The number of carbonyl (C=O) groups is 1. The van der Waals surface area contributed by atoms with Gasteiger partial charge in [-0.25, -0.2) is 0 Å². The summed E-state index contributed by atoms with van der Waals surface area (Å²) in [7, 11) is 0. The van der Waals surface area contributed by atoms with E-state index in [9.17, 15) is 4.79 Å². The second-order valence-electron chi connectivity index (χ2n) is 3.01. The SMILES string of the molecule is Cc1nn[nH]c1-c1ccc(C=O)cc1. The van der Waals surface area contributed by atoms with Crippen LogP contribution >= 0.6 is 0 Å². The number of carbonyl (C=O) groups excluding carboxylic acids is 1. The van der Waals surface area contributed by atoms with Crippen LogP contribution in [0.1, 0.15) is 16.1 Å². The molecule has 0 aliphatic heterocycles. The third-order valence-corrected chi connectivity index (χ3v) is 2.06. The fraction of sp³-hybridized carbons (Fsp3) is 0.100. The fourth-order valence-electron chi connectivity index (χ4n) is 1.28. The van der Waals surface area contributed by atoms with Gasteiger partial charge in [0.25, 0.3) is 0 Å². The predicted molar refractivity (Wildman–Crippen MR) is 51.9 cm³/mol. The van der Waals surface area contributed by atoms with Gasteiger partial charge in [0.2, 0.25) is 0 Å². The van der Waals surface area contributed by atoms with Crippen LogP contribution in [-0.4, -0.2) is 21.7 Å². The first-order valence-electron chi connectivity index (χ1n) is 4.24. The van der Waals surface area contributed by atoms with Crippen molar-refractivity contribution in [2.75, 3.05) is 0 Å². The first kappa shape index (κ1) is 8.62. The largest absolute Gasteiger partial charge is 0.298 e. The van der Waals surface area contributed by atoms with E-state index in [1.807, 2.05) is 19.1 Å². The lowest BCUT2D eigenvalue weighted by Gasteiger charge is -1.97. The first-order valence-corrected chi connectivity index (χ1v) is 4.24. The maximum absolute atomic E-state index is 10.4. The van der Waals surface area contributed by atoms with E-state index in [2.05, 4.69) is 15.4 Å². The van der Waals surface area contributed by atoms with Crippen LogP contribution in [0.2, 0.25) is 0 Å². The van der Waals surface area contributed by atoms with Gasteiger partial charge < -0.3 is 0 Å². The minimum atomic E-state index is 0.666. The van der Waals surface area contributed by atoms with Crippen molar-refractivity contribution in [1.29, 1.82) is 0 Å². The van der Waals surface area contributed by atoms with Gasteiger partial charge in [0.05, 0.1) is 11.4 Å². The molecule has 0 bridgehead atoms. The molecule has 70 valence electrons. The van der Waals surface area contributed by atoms with Gasteiger partial charge in [-0.3, -0.25) is 9.89 Å². The second kappa shape index (κ2) is 3.41. The number of hydrogen-bond donors (Lipinski definition) is 1. The molecule has 0 amide bonds. The number of aldehydes is 1. The number of aromatic amines is 1. The van der Waals surface area contributed by atoms with Crippen molar-refractivity contribution in [3.8, 4) is 11.3 Å². The molecule has 2 rings (SSSR count). The van der Waals surface area contributed by atoms with Gasteiger partial charge >= 0.3 is 0 Å². The third-order valence-electron chi connectivity index (χ3n) is 2.06. The Kier molecular flexibility index (Phi) is 2.10. The van der Waals surface area contributed by atoms with Crippen LogP contribution in [0.15, 0.2) is 24.3 Å². The fourth-order valence-corrected chi connectivity index (χ4v) is 1.28. The summed E-state index contributed by atoms with van der Waals surface area (Å²) in [6.07, 6.45) is 0.821. The van der Waals surface area contributed by atoms with Gasteiger partial charge in [0.1, 0.15) is 6.29 Å². The Morgan fingerprint density at radius 1 is 1.29 bits per heavy atom. The van der Waals surface area contributed by atoms with E-state index in [0.29, 0.717) is 5.56 Å². The van der Waals surface area contributed by atoms with Gasteiger partial charge in [-0.2, -0.15) is 0 Å². The zero-order valence-corrected chi connectivity index (χ0v) is 7.69. The van der Waals surface area contributed by atoms with Gasteiger partial charge in [0, 0.05) is 11.1 Å². The average molecular weight is 187 g/mol. The summed E-state index contributed by atoms with van der Waals surface area (Å²) in [5, 5.41) is 10.4. The lowest BCUT2D eigenvalue weighted by Crippen LogP contribution is -1.83. The monoisotopic (exact) mass is 187 g/mol. The summed E-state index contributed by atoms with van der Waals surface area (Å²) < 4.78 is 0. The number of hydrogen-bond acceptors (Lipinski definition) is 3. The summed E-state index contributed by atoms with van der Waals surface area (Å²) >= 11 is 0. The standard InChI is InChI=1S/C10H9N3O/c1-7-10(12-13-11-7)9-4-2-8(6-14)3-5-9/h2-6H,1H3,(H,11,12,13). The number of H-pyrrole nitrogens is 1. The van der Waals surface area contributed by atoms with E-state index < -0.39 is 0 Å². The highest BCUT2D eigenvalue weighted by Crippen LogP contribution is 2.18. The molecule has 0 saturated carbocycles. The van der Waals surface area contributed by atoms with Gasteiger partial charge in [0.15, 0.2) is 0 Å². The molecule has 2 aromatic rings. The Morgan fingerprint density at radius 2 is 2.00 bits per heavy atom. The molecule has 0 atom stereocenters. The zero-order valence-electron chi connectivity index (χ0n) is 7.69. The van der Waals surface area contributed by atoms with Crippen LogP contribution in [0.25, 0.3) is 11.3 Å². The molecular formula is C10H9N3O. The Labute approximate surface area is 81.0 Å². The highest BCUT2D eigenvalue weighted by atomic mass is 16.1. The molecule has 0 unspecified atom stereocenters. The summed E-state index contributed by atoms with van der Waals surface area (Å²) in [6.45, 7) is 1.88. The number of nitrogens with one attached hydrogen (secondary N) is 1. The van der Waals surface area contributed by atoms with Gasteiger partial charge in [-0.05, 0) is 6.92 Å². The molecule has 0 spiro atoms. The number of aromatic nitrogens is 3. The van der Waals surface area contributed by atoms with Crippen LogP contribution in [0.5, 0.6) is 0 Å². The minimum absolute atomic E-state index is 0.666. The van der Waals surface area contributed by atoms with Crippen LogP contribution in [0.4, 0.5) is 0 Å². The molecule has 14 heavy (non-hydrogen) atoms. The Morgan fingerprint density at radius 3 is 2.50 bits per heavy atom. The zero-order chi connectivity index (χ0) is 9.97. The van der Waals surface area contributed by atoms with Crippen LogP contribution in [0, 0.1) is 6.92 Å². The smallest absolute Gasteiger partial charge is 0.150 e. The molecule has 0 saturated heterocycles. The predicted octanol–water partition coefficient (Wildman–Crippen LogP) is 1.59. The van der Waals surface area contributed by atoms with E-state index in [-0.39, 0.29) is 0 Å². The van der Waals surface area contributed by atoms with Crippen molar-refractivity contribution in [2.45, 2.75) is 6.92 Å². The Balaban J connectivity index is 2.43. The Hall–Kier alpha value is -1.97. The minimum Gasteiger partial charge on any atom is -0.298 e. The maximum atomic E-state index is 10.4. The van der Waals surface area contributed by atoms with E-state index in [1.54, 1.807) is 12.1 Å². The quantitative estimate of drug-likeness (QED) is 0.726. The molecule has 1 aromatic carbocycles. The number of benzene rings is 1. The second-order valence-corrected chi connectivity index (χ2v) is 3.01. The van der Waals surface area contributed by atoms with Crippen molar-refractivity contribution >= 4 is 6.29 Å². The van der Waals surface area contributed by atoms with Crippen LogP contribution in [-0.2, 0) is 0 Å². The summed E-state index contributed by atoms with van der Waals surface area (Å²) in [4.78, 5) is 10.4. The van der Waals surface area contributed by atoms with Crippen molar-refractivity contribution in [2.24, 2.45) is 0 Å².